The van der Waals surface area contributed by atoms with Crippen LogP contribution in [0.15, 0.2) is 72.8 Å². The quantitative estimate of drug-likeness (QED) is 0.476. The third kappa shape index (κ3) is 4.80. The van der Waals surface area contributed by atoms with E-state index in [9.17, 15) is 0 Å². The number of ether oxygens (including phenoxy) is 1. The molecule has 1 atom stereocenters. The van der Waals surface area contributed by atoms with E-state index in [4.69, 9.17) is 4.74 Å². The van der Waals surface area contributed by atoms with Crippen LogP contribution in [0, 0.1) is 0 Å². The van der Waals surface area contributed by atoms with Crippen molar-refractivity contribution in [3.8, 4) is 0 Å². The molecule has 2 aromatic carbocycles. The Labute approximate surface area is 148 Å². The van der Waals surface area contributed by atoms with E-state index in [-0.39, 0.29) is 6.10 Å². The first-order valence-corrected chi connectivity index (χ1v) is 9.45. The number of rotatable bonds is 8. The number of thiophene rings is 1. The zero-order valence-electron chi connectivity index (χ0n) is 14.2. The summed E-state index contributed by atoms with van der Waals surface area (Å²) in [6, 6.07) is 25.6. The van der Waals surface area contributed by atoms with Crippen molar-refractivity contribution >= 4 is 11.3 Å². The molecule has 124 valence electrons. The van der Waals surface area contributed by atoms with Crippen LogP contribution in [0.1, 0.15) is 40.3 Å². The molecule has 0 amide bonds. The van der Waals surface area contributed by atoms with Gasteiger partial charge in [-0.3, -0.25) is 0 Å². The molecule has 0 fully saturated rings. The monoisotopic (exact) mass is 336 g/mol. The number of benzene rings is 2. The van der Waals surface area contributed by atoms with Crippen LogP contribution in [-0.4, -0.2) is 0 Å². The summed E-state index contributed by atoms with van der Waals surface area (Å²) in [7, 11) is 0. The molecule has 3 aromatic rings. The molecule has 0 saturated heterocycles. The molecule has 1 nitrogen and oxygen atoms in total. The molecule has 1 heterocycles. The molecule has 0 spiro atoms. The van der Waals surface area contributed by atoms with Crippen molar-refractivity contribution in [3.63, 3.8) is 0 Å². The molecule has 24 heavy (non-hydrogen) atoms. The highest BCUT2D eigenvalue weighted by Crippen LogP contribution is 2.25. The predicted octanol–water partition coefficient (Wildman–Crippen LogP) is 6.20. The van der Waals surface area contributed by atoms with Gasteiger partial charge >= 0.3 is 0 Å². The van der Waals surface area contributed by atoms with E-state index in [2.05, 4.69) is 79.7 Å². The Morgan fingerprint density at radius 2 is 1.46 bits per heavy atom. The van der Waals surface area contributed by atoms with Gasteiger partial charge < -0.3 is 4.74 Å². The second-order valence-corrected chi connectivity index (χ2v) is 7.23. The second-order valence-electron chi connectivity index (χ2n) is 5.97. The first-order valence-electron chi connectivity index (χ1n) is 8.63. The van der Waals surface area contributed by atoms with Gasteiger partial charge in [-0.1, -0.05) is 67.6 Å². The zero-order valence-corrected chi connectivity index (χ0v) is 15.0. The van der Waals surface area contributed by atoms with Crippen molar-refractivity contribution in [2.24, 2.45) is 0 Å². The predicted molar refractivity (Wildman–Crippen MR) is 102 cm³/mol. The van der Waals surface area contributed by atoms with E-state index in [1.165, 1.54) is 20.9 Å². The van der Waals surface area contributed by atoms with Gasteiger partial charge in [-0.05, 0) is 42.5 Å². The van der Waals surface area contributed by atoms with Crippen molar-refractivity contribution in [3.05, 3.63) is 93.7 Å². The molecule has 0 N–H and O–H groups in total. The summed E-state index contributed by atoms with van der Waals surface area (Å²) in [5.41, 5.74) is 2.67. The fourth-order valence-electron chi connectivity index (χ4n) is 2.85. The average Bonchev–Trinajstić information content (AvgIpc) is 3.10. The second kappa shape index (κ2) is 8.81. The maximum atomic E-state index is 6.15. The van der Waals surface area contributed by atoms with Crippen LogP contribution >= 0.6 is 11.3 Å². The first-order chi connectivity index (χ1) is 11.8. The van der Waals surface area contributed by atoms with Gasteiger partial charge in [-0.15, -0.1) is 11.3 Å². The van der Waals surface area contributed by atoms with E-state index < -0.39 is 0 Å². The number of hydrogen-bond acceptors (Lipinski definition) is 2. The smallest absolute Gasteiger partial charge is 0.0827 e. The largest absolute Gasteiger partial charge is 0.368 e. The van der Waals surface area contributed by atoms with E-state index in [0.29, 0.717) is 6.61 Å². The highest BCUT2D eigenvalue weighted by atomic mass is 32.1. The lowest BCUT2D eigenvalue weighted by Gasteiger charge is -2.15. The van der Waals surface area contributed by atoms with Gasteiger partial charge in [-0.2, -0.15) is 0 Å². The van der Waals surface area contributed by atoms with Crippen molar-refractivity contribution in [2.45, 2.75) is 38.9 Å². The summed E-state index contributed by atoms with van der Waals surface area (Å²) < 4.78 is 6.15. The third-order valence-corrected chi connectivity index (χ3v) is 5.31. The highest BCUT2D eigenvalue weighted by Gasteiger charge is 2.10. The normalized spacial score (nSPS) is 12.2. The average molecular weight is 336 g/mol. The maximum Gasteiger partial charge on any atom is 0.0827 e. The minimum atomic E-state index is 0.182. The molecular formula is C22H24OS. The van der Waals surface area contributed by atoms with Crippen LogP contribution in [0.5, 0.6) is 0 Å². The lowest BCUT2D eigenvalue weighted by atomic mass is 10.1. The molecule has 0 aliphatic carbocycles. The van der Waals surface area contributed by atoms with Crippen LogP contribution in [0.4, 0.5) is 0 Å². The molecule has 3 rings (SSSR count). The van der Waals surface area contributed by atoms with Gasteiger partial charge in [0.1, 0.15) is 0 Å². The van der Waals surface area contributed by atoms with Crippen LogP contribution in [-0.2, 0) is 24.2 Å². The minimum Gasteiger partial charge on any atom is -0.368 e. The molecule has 0 aliphatic heterocycles. The highest BCUT2D eigenvalue weighted by molar-refractivity contribution is 7.11. The summed E-state index contributed by atoms with van der Waals surface area (Å²) in [6.07, 6.45) is 3.38. The molecular weight excluding hydrogens is 312 g/mol. The van der Waals surface area contributed by atoms with Crippen molar-refractivity contribution < 1.29 is 4.74 Å². The summed E-state index contributed by atoms with van der Waals surface area (Å²) in [5.74, 6) is 0. The third-order valence-electron chi connectivity index (χ3n) is 4.19. The molecule has 0 saturated carbocycles. The fourth-order valence-corrected chi connectivity index (χ4v) is 3.79. The van der Waals surface area contributed by atoms with E-state index in [0.717, 1.165) is 19.3 Å². The van der Waals surface area contributed by atoms with Crippen molar-refractivity contribution in [2.75, 3.05) is 0 Å². The van der Waals surface area contributed by atoms with Gasteiger partial charge in [0, 0.05) is 9.75 Å². The molecule has 0 aliphatic rings. The summed E-state index contributed by atoms with van der Waals surface area (Å²) in [5, 5.41) is 0. The summed E-state index contributed by atoms with van der Waals surface area (Å²) in [6.45, 7) is 2.88. The van der Waals surface area contributed by atoms with E-state index >= 15 is 0 Å². The van der Waals surface area contributed by atoms with E-state index in [1.54, 1.807) is 0 Å². The van der Waals surface area contributed by atoms with Gasteiger partial charge in [0.2, 0.25) is 0 Å². The zero-order chi connectivity index (χ0) is 16.6. The SMILES string of the molecule is CCC(OCc1ccc(CCc2ccccc2)s1)c1ccccc1. The van der Waals surface area contributed by atoms with Gasteiger partial charge in [0.05, 0.1) is 12.7 Å². The minimum absolute atomic E-state index is 0.182. The van der Waals surface area contributed by atoms with Crippen LogP contribution < -0.4 is 0 Å². The van der Waals surface area contributed by atoms with Crippen LogP contribution in [0.3, 0.4) is 0 Å². The Hall–Kier alpha value is -1.90. The van der Waals surface area contributed by atoms with E-state index in [1.807, 2.05) is 11.3 Å². The maximum absolute atomic E-state index is 6.15. The van der Waals surface area contributed by atoms with Gasteiger partial charge in [0.25, 0.3) is 0 Å². The van der Waals surface area contributed by atoms with Gasteiger partial charge in [-0.25, -0.2) is 0 Å². The van der Waals surface area contributed by atoms with Crippen molar-refractivity contribution in [1.29, 1.82) is 0 Å². The Morgan fingerprint density at radius 1 is 0.792 bits per heavy atom. The Balaban J connectivity index is 1.52. The molecule has 0 bridgehead atoms. The van der Waals surface area contributed by atoms with Crippen LogP contribution in [0.2, 0.25) is 0 Å². The Kier molecular flexibility index (Phi) is 6.22. The lowest BCUT2D eigenvalue weighted by molar-refractivity contribution is 0.0387. The molecule has 0 radical (unpaired) electrons. The molecule has 1 unspecified atom stereocenters. The summed E-state index contributed by atoms with van der Waals surface area (Å²) >= 11 is 1.87. The topological polar surface area (TPSA) is 9.23 Å². The standard InChI is InChI=1S/C22H24OS/c1-2-22(19-11-7-4-8-12-19)23-17-21-16-15-20(24-21)14-13-18-9-5-3-6-10-18/h3-12,15-16,22H,2,13-14,17H2,1H3. The summed E-state index contributed by atoms with van der Waals surface area (Å²) in [4.78, 5) is 2.75. The lowest BCUT2D eigenvalue weighted by Crippen LogP contribution is -2.02. The van der Waals surface area contributed by atoms with Gasteiger partial charge in [0.15, 0.2) is 0 Å². The fraction of sp³-hybridized carbons (Fsp3) is 0.273. The molecule has 1 aromatic heterocycles. The first kappa shape index (κ1) is 16.9. The molecule has 2 heteroatoms. The Morgan fingerprint density at radius 3 is 2.17 bits per heavy atom. The van der Waals surface area contributed by atoms with Crippen molar-refractivity contribution in [1.82, 2.24) is 0 Å². The number of aryl methyl sites for hydroxylation is 2. The number of hydrogen-bond donors (Lipinski definition) is 0. The van der Waals surface area contributed by atoms with Crippen LogP contribution in [0.25, 0.3) is 0 Å². The Bertz CT molecular complexity index is 718.